The molecule has 0 aliphatic carbocycles. The molecule has 0 saturated carbocycles. The molecule has 0 aromatic carbocycles. The lowest BCUT2D eigenvalue weighted by Gasteiger charge is -2.36. The lowest BCUT2D eigenvalue weighted by Crippen LogP contribution is -2.49. The molecule has 1 aliphatic rings. The highest BCUT2D eigenvalue weighted by molar-refractivity contribution is 4.83. The fourth-order valence-electron chi connectivity index (χ4n) is 1.52. The molecule has 0 spiro atoms. The molecule has 3 atom stereocenters. The van der Waals surface area contributed by atoms with Gasteiger partial charge in [-0.25, -0.2) is 0 Å². The van der Waals surface area contributed by atoms with Gasteiger partial charge in [0.05, 0.1) is 12.2 Å². The van der Waals surface area contributed by atoms with Gasteiger partial charge in [-0.2, -0.15) is 0 Å². The molecule has 1 N–H and O–H groups in total. The van der Waals surface area contributed by atoms with E-state index in [9.17, 15) is 5.11 Å². The van der Waals surface area contributed by atoms with Crippen LogP contribution in [0.1, 0.15) is 13.3 Å². The van der Waals surface area contributed by atoms with E-state index >= 15 is 0 Å². The first-order valence-corrected chi connectivity index (χ1v) is 4.09. The Morgan fingerprint density at radius 3 is 2.55 bits per heavy atom. The normalized spacial score (nSPS) is 39.5. The van der Waals surface area contributed by atoms with Crippen LogP contribution in [0.15, 0.2) is 0 Å². The van der Waals surface area contributed by atoms with Crippen LogP contribution in [0.2, 0.25) is 0 Å². The van der Waals surface area contributed by atoms with Gasteiger partial charge < -0.3 is 14.7 Å². The van der Waals surface area contributed by atoms with E-state index in [-0.39, 0.29) is 18.2 Å². The molecule has 1 fully saturated rings. The highest BCUT2D eigenvalue weighted by Crippen LogP contribution is 2.17. The second kappa shape index (κ2) is 3.52. The predicted octanol–water partition coefficient (Wildman–Crippen LogP) is 0.0863. The zero-order chi connectivity index (χ0) is 8.43. The van der Waals surface area contributed by atoms with Gasteiger partial charge in [0.25, 0.3) is 0 Å². The maximum Gasteiger partial charge on any atom is 0.0954 e. The molecular formula is C8H17NO2. The van der Waals surface area contributed by atoms with Crippen LogP contribution in [0, 0.1) is 0 Å². The van der Waals surface area contributed by atoms with Gasteiger partial charge in [-0.1, -0.05) is 0 Å². The Morgan fingerprint density at radius 1 is 1.45 bits per heavy atom. The summed E-state index contributed by atoms with van der Waals surface area (Å²) in [5, 5.41) is 9.64. The smallest absolute Gasteiger partial charge is 0.0954 e. The Balaban J connectivity index is 2.51. The molecule has 1 saturated heterocycles. The van der Waals surface area contributed by atoms with Gasteiger partial charge in [0.1, 0.15) is 0 Å². The SMILES string of the molecule is C[C@H]1OCC[C@@H](N(C)C)[C@@H]1O. The second-order valence-corrected chi connectivity index (χ2v) is 3.39. The maximum atomic E-state index is 9.64. The lowest BCUT2D eigenvalue weighted by molar-refractivity contribution is -0.101. The summed E-state index contributed by atoms with van der Waals surface area (Å²) in [5.74, 6) is 0. The minimum Gasteiger partial charge on any atom is -0.389 e. The Hall–Kier alpha value is -0.120. The van der Waals surface area contributed by atoms with Crippen molar-refractivity contribution >= 4 is 0 Å². The number of rotatable bonds is 1. The quantitative estimate of drug-likeness (QED) is 0.588. The van der Waals surface area contributed by atoms with E-state index in [1.54, 1.807) is 0 Å². The van der Waals surface area contributed by atoms with Crippen LogP contribution in [0.4, 0.5) is 0 Å². The Kier molecular flexibility index (Phi) is 2.87. The van der Waals surface area contributed by atoms with E-state index in [4.69, 9.17) is 4.74 Å². The minimum atomic E-state index is -0.334. The third-order valence-corrected chi connectivity index (χ3v) is 2.33. The highest BCUT2D eigenvalue weighted by Gasteiger charge is 2.30. The highest BCUT2D eigenvalue weighted by atomic mass is 16.5. The minimum absolute atomic E-state index is 0.0175. The molecule has 0 aromatic heterocycles. The molecule has 11 heavy (non-hydrogen) atoms. The summed E-state index contributed by atoms with van der Waals surface area (Å²) in [4.78, 5) is 2.06. The Morgan fingerprint density at radius 2 is 2.09 bits per heavy atom. The van der Waals surface area contributed by atoms with Crippen molar-refractivity contribution in [1.29, 1.82) is 0 Å². The molecule has 0 bridgehead atoms. The summed E-state index contributed by atoms with van der Waals surface area (Å²) in [7, 11) is 3.98. The van der Waals surface area contributed by atoms with E-state index in [0.717, 1.165) is 13.0 Å². The van der Waals surface area contributed by atoms with E-state index in [1.165, 1.54) is 0 Å². The Bertz CT molecular complexity index is 127. The number of aliphatic hydroxyl groups is 1. The fourth-order valence-corrected chi connectivity index (χ4v) is 1.52. The van der Waals surface area contributed by atoms with Gasteiger partial charge in [0, 0.05) is 12.6 Å². The topological polar surface area (TPSA) is 32.7 Å². The lowest BCUT2D eigenvalue weighted by atomic mass is 10.00. The average molecular weight is 159 g/mol. The first-order chi connectivity index (χ1) is 5.13. The molecule has 0 aromatic rings. The molecule has 66 valence electrons. The number of ether oxygens (including phenoxy) is 1. The van der Waals surface area contributed by atoms with Crippen LogP contribution in [0.3, 0.4) is 0 Å². The van der Waals surface area contributed by atoms with Crippen LogP contribution in [-0.4, -0.2) is 49.0 Å². The van der Waals surface area contributed by atoms with E-state index in [1.807, 2.05) is 21.0 Å². The van der Waals surface area contributed by atoms with Gasteiger partial charge in [0.2, 0.25) is 0 Å². The van der Waals surface area contributed by atoms with Crippen LogP contribution in [0.25, 0.3) is 0 Å². The zero-order valence-corrected chi connectivity index (χ0v) is 7.45. The summed E-state index contributed by atoms with van der Waals surface area (Å²) in [6, 6.07) is 0.263. The van der Waals surface area contributed by atoms with Crippen LogP contribution < -0.4 is 0 Å². The van der Waals surface area contributed by atoms with Gasteiger partial charge in [-0.15, -0.1) is 0 Å². The van der Waals surface area contributed by atoms with Crippen LogP contribution in [0.5, 0.6) is 0 Å². The number of hydrogen-bond acceptors (Lipinski definition) is 3. The fraction of sp³-hybridized carbons (Fsp3) is 1.00. The van der Waals surface area contributed by atoms with E-state index in [2.05, 4.69) is 4.90 Å². The third kappa shape index (κ3) is 1.92. The Labute approximate surface area is 68.0 Å². The number of likely N-dealkylation sites (N-methyl/N-ethyl adjacent to an activating group) is 1. The zero-order valence-electron chi connectivity index (χ0n) is 7.45. The van der Waals surface area contributed by atoms with E-state index < -0.39 is 0 Å². The summed E-state index contributed by atoms with van der Waals surface area (Å²) < 4.78 is 5.29. The molecule has 1 aliphatic heterocycles. The first-order valence-electron chi connectivity index (χ1n) is 4.09. The predicted molar refractivity (Wildman–Crippen MR) is 43.5 cm³/mol. The summed E-state index contributed by atoms with van der Waals surface area (Å²) >= 11 is 0. The average Bonchev–Trinajstić information content (AvgIpc) is 1.94. The molecule has 1 heterocycles. The molecule has 1 rings (SSSR count). The van der Waals surface area contributed by atoms with Crippen molar-refractivity contribution in [3.05, 3.63) is 0 Å². The summed E-state index contributed by atoms with van der Waals surface area (Å²) in [5.41, 5.74) is 0. The van der Waals surface area contributed by atoms with Gasteiger partial charge >= 0.3 is 0 Å². The largest absolute Gasteiger partial charge is 0.389 e. The van der Waals surface area contributed by atoms with Crippen molar-refractivity contribution in [3.63, 3.8) is 0 Å². The first kappa shape index (κ1) is 8.97. The summed E-state index contributed by atoms with van der Waals surface area (Å²) in [6.07, 6.45) is 0.577. The van der Waals surface area contributed by atoms with Crippen molar-refractivity contribution in [2.75, 3.05) is 20.7 Å². The van der Waals surface area contributed by atoms with Crippen molar-refractivity contribution in [3.8, 4) is 0 Å². The molecule has 0 radical (unpaired) electrons. The second-order valence-electron chi connectivity index (χ2n) is 3.39. The van der Waals surface area contributed by atoms with Crippen molar-refractivity contribution < 1.29 is 9.84 Å². The molecule has 0 amide bonds. The standard InChI is InChI=1S/C8H17NO2/c1-6-8(10)7(9(2)3)4-5-11-6/h6-8,10H,4-5H2,1-3H3/t6-,7-,8-/m1/s1. The van der Waals surface area contributed by atoms with Crippen molar-refractivity contribution in [1.82, 2.24) is 4.90 Å². The van der Waals surface area contributed by atoms with Crippen LogP contribution in [-0.2, 0) is 4.74 Å². The monoisotopic (exact) mass is 159 g/mol. The number of nitrogens with zero attached hydrogens (tertiary/aromatic N) is 1. The van der Waals surface area contributed by atoms with E-state index in [0.29, 0.717) is 0 Å². The molecule has 3 heteroatoms. The molecule has 0 unspecified atom stereocenters. The third-order valence-electron chi connectivity index (χ3n) is 2.33. The van der Waals surface area contributed by atoms with Gasteiger partial charge in [-0.3, -0.25) is 0 Å². The number of aliphatic hydroxyl groups excluding tert-OH is 1. The summed E-state index contributed by atoms with van der Waals surface area (Å²) in [6.45, 7) is 2.68. The van der Waals surface area contributed by atoms with Crippen molar-refractivity contribution in [2.45, 2.75) is 31.6 Å². The maximum absolute atomic E-state index is 9.64. The molecular weight excluding hydrogens is 142 g/mol. The van der Waals surface area contributed by atoms with Crippen LogP contribution >= 0.6 is 0 Å². The number of hydrogen-bond donors (Lipinski definition) is 1. The molecule has 3 nitrogen and oxygen atoms in total. The van der Waals surface area contributed by atoms with Gasteiger partial charge in [-0.05, 0) is 27.4 Å². The van der Waals surface area contributed by atoms with Gasteiger partial charge in [0.15, 0.2) is 0 Å². The van der Waals surface area contributed by atoms with Crippen molar-refractivity contribution in [2.24, 2.45) is 0 Å².